The van der Waals surface area contributed by atoms with Crippen molar-refractivity contribution in [3.8, 4) is 11.5 Å². The summed E-state index contributed by atoms with van der Waals surface area (Å²) < 4.78 is 16.4. The molecule has 2 saturated heterocycles. The van der Waals surface area contributed by atoms with Crippen molar-refractivity contribution in [3.05, 3.63) is 59.3 Å². The monoisotopic (exact) mass is 516 g/mol. The molecule has 2 aromatic carbocycles. The second kappa shape index (κ2) is 9.32. The van der Waals surface area contributed by atoms with Crippen LogP contribution < -0.4 is 9.47 Å². The minimum absolute atomic E-state index is 0.0144. The van der Waals surface area contributed by atoms with Crippen LogP contribution in [0.4, 0.5) is 0 Å². The number of methoxy groups -OCH3 is 1. The van der Waals surface area contributed by atoms with Gasteiger partial charge in [0.25, 0.3) is 0 Å². The lowest BCUT2D eigenvalue weighted by molar-refractivity contribution is -0.160. The van der Waals surface area contributed by atoms with Crippen molar-refractivity contribution in [1.82, 2.24) is 19.7 Å². The van der Waals surface area contributed by atoms with Gasteiger partial charge in [-0.1, -0.05) is 24.3 Å². The molecule has 38 heavy (non-hydrogen) atoms. The van der Waals surface area contributed by atoms with E-state index in [-0.39, 0.29) is 31.2 Å². The van der Waals surface area contributed by atoms with Gasteiger partial charge in [-0.2, -0.15) is 0 Å². The van der Waals surface area contributed by atoms with Crippen LogP contribution in [0, 0.1) is 0 Å². The normalized spacial score (nSPS) is 24.8. The zero-order valence-corrected chi connectivity index (χ0v) is 21.5. The van der Waals surface area contributed by atoms with E-state index in [0.717, 1.165) is 66.8 Å². The Labute approximate surface area is 221 Å². The first-order chi connectivity index (χ1) is 18.6. The van der Waals surface area contributed by atoms with Gasteiger partial charge in [-0.3, -0.25) is 9.59 Å². The maximum Gasteiger partial charge on any atom is 0.246 e. The molecule has 1 aromatic heterocycles. The third-order valence-electron chi connectivity index (χ3n) is 8.52. The summed E-state index contributed by atoms with van der Waals surface area (Å²) in [5.74, 6) is 1.40. The molecule has 0 aliphatic carbocycles. The van der Waals surface area contributed by atoms with Gasteiger partial charge in [0.05, 0.1) is 6.04 Å². The van der Waals surface area contributed by atoms with Crippen LogP contribution in [0.1, 0.15) is 35.7 Å². The molecule has 0 radical (unpaired) electrons. The van der Waals surface area contributed by atoms with E-state index in [9.17, 15) is 9.59 Å². The highest BCUT2D eigenvalue weighted by Gasteiger charge is 2.50. The Morgan fingerprint density at radius 2 is 1.97 bits per heavy atom. The molecule has 3 atom stereocenters. The average molecular weight is 517 g/mol. The number of nitrogens with zero attached hydrogens (tertiary/aromatic N) is 3. The third-order valence-corrected chi connectivity index (χ3v) is 8.52. The van der Waals surface area contributed by atoms with Crippen molar-refractivity contribution >= 4 is 22.7 Å². The third kappa shape index (κ3) is 3.75. The highest BCUT2D eigenvalue weighted by atomic mass is 16.7. The Morgan fingerprint density at radius 1 is 1.11 bits per heavy atom. The van der Waals surface area contributed by atoms with E-state index >= 15 is 0 Å². The first kappa shape index (κ1) is 23.5. The predicted octanol–water partition coefficient (Wildman–Crippen LogP) is 2.69. The van der Waals surface area contributed by atoms with Gasteiger partial charge in [0.15, 0.2) is 11.5 Å². The number of likely N-dealkylation sites (tertiary alicyclic amines) is 1. The Balaban J connectivity index is 1.25. The van der Waals surface area contributed by atoms with E-state index in [1.165, 1.54) is 0 Å². The summed E-state index contributed by atoms with van der Waals surface area (Å²) in [7, 11) is 1.72. The maximum absolute atomic E-state index is 14.1. The zero-order chi connectivity index (χ0) is 25.8. The minimum atomic E-state index is -0.541. The Bertz CT molecular complexity index is 1400. The van der Waals surface area contributed by atoms with Crippen LogP contribution in [0.5, 0.6) is 11.5 Å². The number of carbonyl (C=O) groups is 2. The lowest BCUT2D eigenvalue weighted by Crippen LogP contribution is -2.65. The van der Waals surface area contributed by atoms with Crippen LogP contribution >= 0.6 is 0 Å². The van der Waals surface area contributed by atoms with Gasteiger partial charge in [-0.25, -0.2) is 0 Å². The number of benzene rings is 2. The van der Waals surface area contributed by atoms with Gasteiger partial charge in [0, 0.05) is 62.4 Å². The standard InChI is InChI=1S/C29H32N4O5/c1-36-12-4-10-31-11-9-19(15-31)32-16-26(34)33-23(29(32)35)14-21-20-5-2-3-6-22(20)30-27(21)28(33)18-7-8-24-25(13-18)38-17-37-24/h2-3,5-8,13,19,23,28,30H,4,9-12,14-17H2,1H3/t19-,23-,28-/m1/s1. The predicted molar refractivity (Wildman–Crippen MR) is 140 cm³/mol. The van der Waals surface area contributed by atoms with Crippen molar-refractivity contribution in [2.75, 3.05) is 46.7 Å². The highest BCUT2D eigenvalue weighted by Crippen LogP contribution is 2.45. The molecule has 9 heteroatoms. The molecule has 9 nitrogen and oxygen atoms in total. The molecule has 4 aliphatic rings. The Morgan fingerprint density at radius 3 is 2.87 bits per heavy atom. The summed E-state index contributed by atoms with van der Waals surface area (Å²) >= 11 is 0. The number of piperazine rings is 1. The number of carbonyl (C=O) groups excluding carboxylic acids is 2. The average Bonchev–Trinajstić information content (AvgIpc) is 3.68. The van der Waals surface area contributed by atoms with E-state index in [0.29, 0.717) is 17.9 Å². The van der Waals surface area contributed by atoms with Gasteiger partial charge in [0.2, 0.25) is 18.6 Å². The molecule has 198 valence electrons. The van der Waals surface area contributed by atoms with Crippen molar-refractivity contribution in [3.63, 3.8) is 0 Å². The van der Waals surface area contributed by atoms with Crippen LogP contribution in [0.3, 0.4) is 0 Å². The summed E-state index contributed by atoms with van der Waals surface area (Å²) in [6.07, 6.45) is 2.36. The number of hydrogen-bond donors (Lipinski definition) is 1. The van der Waals surface area contributed by atoms with Gasteiger partial charge in [0.1, 0.15) is 12.6 Å². The smallest absolute Gasteiger partial charge is 0.246 e. The van der Waals surface area contributed by atoms with E-state index in [2.05, 4.69) is 22.0 Å². The molecule has 3 aromatic rings. The second-order valence-electron chi connectivity index (χ2n) is 10.7. The molecule has 5 heterocycles. The first-order valence-electron chi connectivity index (χ1n) is 13.4. The summed E-state index contributed by atoms with van der Waals surface area (Å²) in [5, 5.41) is 1.11. The fourth-order valence-electron chi connectivity index (χ4n) is 6.73. The molecular weight excluding hydrogens is 484 g/mol. The van der Waals surface area contributed by atoms with E-state index < -0.39 is 12.1 Å². The van der Waals surface area contributed by atoms with Crippen molar-refractivity contribution in [2.24, 2.45) is 0 Å². The number of amides is 2. The Hall–Kier alpha value is -3.56. The number of H-pyrrole nitrogens is 1. The summed E-state index contributed by atoms with van der Waals surface area (Å²) in [5.41, 5.74) is 4.01. The van der Waals surface area contributed by atoms with E-state index in [4.69, 9.17) is 14.2 Å². The van der Waals surface area contributed by atoms with Crippen molar-refractivity contribution in [2.45, 2.75) is 37.4 Å². The lowest BCUT2D eigenvalue weighted by atomic mass is 9.85. The number of aromatic amines is 1. The fourth-order valence-corrected chi connectivity index (χ4v) is 6.73. The fraction of sp³-hybridized carbons (Fsp3) is 0.448. The van der Waals surface area contributed by atoms with Gasteiger partial charge < -0.3 is 33.9 Å². The van der Waals surface area contributed by atoms with Crippen LogP contribution in [0.15, 0.2) is 42.5 Å². The maximum atomic E-state index is 14.1. The number of fused-ring (bicyclic) bond motifs is 5. The summed E-state index contributed by atoms with van der Waals surface area (Å²) in [6.45, 7) is 3.72. The molecule has 0 bridgehead atoms. The second-order valence-corrected chi connectivity index (χ2v) is 10.7. The molecule has 1 N–H and O–H groups in total. The van der Waals surface area contributed by atoms with Gasteiger partial charge >= 0.3 is 0 Å². The molecule has 0 unspecified atom stereocenters. The first-order valence-corrected chi connectivity index (χ1v) is 13.4. The molecule has 0 saturated carbocycles. The van der Waals surface area contributed by atoms with E-state index in [1.54, 1.807) is 7.11 Å². The molecular formula is C29H32N4O5. The lowest BCUT2D eigenvalue weighted by Gasteiger charge is -2.48. The number of ether oxygens (including phenoxy) is 3. The van der Waals surface area contributed by atoms with Crippen LogP contribution in [0.2, 0.25) is 0 Å². The summed E-state index contributed by atoms with van der Waals surface area (Å²) in [6, 6.07) is 13.1. The molecule has 2 amide bonds. The number of para-hydroxylation sites is 1. The minimum Gasteiger partial charge on any atom is -0.454 e. The number of hydrogen-bond acceptors (Lipinski definition) is 6. The number of aromatic nitrogens is 1. The highest BCUT2D eigenvalue weighted by molar-refractivity contribution is 5.98. The quantitative estimate of drug-likeness (QED) is 0.507. The summed E-state index contributed by atoms with van der Waals surface area (Å²) in [4.78, 5) is 37.7. The van der Waals surface area contributed by atoms with Crippen LogP contribution in [0.25, 0.3) is 10.9 Å². The topological polar surface area (TPSA) is 87.3 Å². The molecule has 2 fully saturated rings. The number of nitrogens with one attached hydrogen (secondary N) is 1. The van der Waals surface area contributed by atoms with Crippen LogP contribution in [-0.2, 0) is 20.7 Å². The largest absolute Gasteiger partial charge is 0.454 e. The molecule has 4 aliphatic heterocycles. The van der Waals surface area contributed by atoms with Crippen LogP contribution in [-0.4, -0.2) is 90.3 Å². The number of rotatable bonds is 6. The Kier molecular flexibility index (Phi) is 5.78. The van der Waals surface area contributed by atoms with Crippen molar-refractivity contribution in [1.29, 1.82) is 0 Å². The SMILES string of the molecule is COCCCN1CC[C@@H](N2CC(=O)N3[C@H](c4ccc5c(c4)OCO5)c4[nH]c5ccccc5c4C[C@@H]3C2=O)C1. The molecule has 7 rings (SSSR count). The van der Waals surface area contributed by atoms with Gasteiger partial charge in [-0.05, 0) is 42.2 Å². The molecule has 0 spiro atoms. The van der Waals surface area contributed by atoms with E-state index in [1.807, 2.05) is 40.1 Å². The van der Waals surface area contributed by atoms with Gasteiger partial charge in [-0.15, -0.1) is 0 Å². The van der Waals surface area contributed by atoms with Crippen molar-refractivity contribution < 1.29 is 23.8 Å². The zero-order valence-electron chi connectivity index (χ0n) is 21.5.